The minimum absolute atomic E-state index is 0.168. The minimum atomic E-state index is 0.168. The zero-order valence-corrected chi connectivity index (χ0v) is 16.0. The third-order valence-electron chi connectivity index (χ3n) is 4.65. The second kappa shape index (κ2) is 7.92. The van der Waals surface area contributed by atoms with Gasteiger partial charge in [0.25, 0.3) is 0 Å². The van der Waals surface area contributed by atoms with Crippen molar-refractivity contribution < 1.29 is 4.79 Å². The molecular formula is C20H21N5OS. The van der Waals surface area contributed by atoms with Crippen LogP contribution in [-0.2, 0) is 4.79 Å². The molecule has 4 rings (SSSR count). The first-order chi connectivity index (χ1) is 13.2. The summed E-state index contributed by atoms with van der Waals surface area (Å²) >= 11 is 1.44. The van der Waals surface area contributed by atoms with Gasteiger partial charge in [-0.25, -0.2) is 0 Å². The Balaban J connectivity index is 1.65. The molecule has 138 valence electrons. The molecule has 0 bridgehead atoms. The molecular weight excluding hydrogens is 358 g/mol. The predicted octanol–water partition coefficient (Wildman–Crippen LogP) is 3.35. The molecule has 3 aromatic rings. The maximum absolute atomic E-state index is 12.4. The van der Waals surface area contributed by atoms with Gasteiger partial charge in [-0.15, -0.1) is 10.2 Å². The van der Waals surface area contributed by atoms with Gasteiger partial charge >= 0.3 is 0 Å². The summed E-state index contributed by atoms with van der Waals surface area (Å²) in [5.41, 5.74) is 3.11. The van der Waals surface area contributed by atoms with Crippen LogP contribution in [0.15, 0.2) is 53.9 Å². The van der Waals surface area contributed by atoms with Crippen molar-refractivity contribution in [2.75, 3.05) is 18.8 Å². The van der Waals surface area contributed by atoms with Crippen molar-refractivity contribution in [2.45, 2.75) is 24.9 Å². The highest BCUT2D eigenvalue weighted by molar-refractivity contribution is 7.99. The summed E-state index contributed by atoms with van der Waals surface area (Å²) < 4.78 is 2.01. The lowest BCUT2D eigenvalue weighted by molar-refractivity contribution is -0.127. The van der Waals surface area contributed by atoms with Gasteiger partial charge in [0.1, 0.15) is 0 Å². The highest BCUT2D eigenvalue weighted by Crippen LogP contribution is 2.28. The number of pyridine rings is 1. The fraction of sp³-hybridized carbons (Fsp3) is 0.300. The smallest absolute Gasteiger partial charge is 0.233 e. The molecule has 0 aliphatic carbocycles. The Hall–Kier alpha value is -2.67. The minimum Gasteiger partial charge on any atom is -0.342 e. The molecule has 0 N–H and O–H groups in total. The van der Waals surface area contributed by atoms with E-state index in [0.717, 1.165) is 48.2 Å². The number of thioether (sulfide) groups is 1. The first-order valence-electron chi connectivity index (χ1n) is 9.06. The number of amides is 1. The van der Waals surface area contributed by atoms with E-state index in [1.807, 2.05) is 21.6 Å². The normalized spacial score (nSPS) is 13.9. The lowest BCUT2D eigenvalue weighted by Crippen LogP contribution is -2.29. The Morgan fingerprint density at radius 1 is 1.04 bits per heavy atom. The quantitative estimate of drug-likeness (QED) is 0.636. The topological polar surface area (TPSA) is 63.9 Å². The van der Waals surface area contributed by atoms with Gasteiger partial charge in [-0.3, -0.25) is 14.3 Å². The molecule has 2 aromatic heterocycles. The van der Waals surface area contributed by atoms with Crippen molar-refractivity contribution in [2.24, 2.45) is 0 Å². The average molecular weight is 379 g/mol. The molecule has 1 amide bonds. The fourth-order valence-corrected chi connectivity index (χ4v) is 4.02. The van der Waals surface area contributed by atoms with Crippen LogP contribution in [0.2, 0.25) is 0 Å². The van der Waals surface area contributed by atoms with Gasteiger partial charge in [-0.1, -0.05) is 29.5 Å². The van der Waals surface area contributed by atoms with E-state index in [4.69, 9.17) is 0 Å². The Bertz CT molecular complexity index is 917. The second-order valence-electron chi connectivity index (χ2n) is 6.59. The lowest BCUT2D eigenvalue weighted by atomic mass is 10.2. The van der Waals surface area contributed by atoms with Crippen LogP contribution in [0.1, 0.15) is 18.4 Å². The van der Waals surface area contributed by atoms with Gasteiger partial charge in [0, 0.05) is 36.7 Å². The molecule has 0 unspecified atom stereocenters. The van der Waals surface area contributed by atoms with E-state index in [1.54, 1.807) is 12.4 Å². The second-order valence-corrected chi connectivity index (χ2v) is 7.53. The SMILES string of the molecule is Cc1ccc(-n2c(SCC(=O)N3CCCC3)nnc2-c2ccncc2)cc1. The molecule has 1 aliphatic rings. The van der Waals surface area contributed by atoms with Gasteiger partial charge in [-0.05, 0) is 44.0 Å². The standard InChI is InChI=1S/C20H21N5OS/c1-15-4-6-17(7-5-15)25-19(16-8-10-21-11-9-16)22-23-20(25)27-14-18(26)24-12-2-3-13-24/h4-11H,2-3,12-14H2,1H3. The number of carbonyl (C=O) groups is 1. The molecule has 27 heavy (non-hydrogen) atoms. The summed E-state index contributed by atoms with van der Waals surface area (Å²) in [5.74, 6) is 1.29. The van der Waals surface area contributed by atoms with Crippen molar-refractivity contribution in [3.8, 4) is 17.1 Å². The first kappa shape index (κ1) is 17.7. The van der Waals surface area contributed by atoms with Crippen LogP contribution < -0.4 is 0 Å². The van der Waals surface area contributed by atoms with Gasteiger partial charge in [0.2, 0.25) is 5.91 Å². The molecule has 0 spiro atoms. The van der Waals surface area contributed by atoms with E-state index in [1.165, 1.54) is 17.3 Å². The van der Waals surface area contributed by atoms with Gasteiger partial charge in [0.15, 0.2) is 11.0 Å². The van der Waals surface area contributed by atoms with E-state index >= 15 is 0 Å². The Kier molecular flexibility index (Phi) is 5.20. The highest BCUT2D eigenvalue weighted by Gasteiger charge is 2.21. The molecule has 1 fully saturated rings. The molecule has 6 nitrogen and oxygen atoms in total. The van der Waals surface area contributed by atoms with Crippen molar-refractivity contribution in [1.29, 1.82) is 0 Å². The van der Waals surface area contributed by atoms with E-state index in [0.29, 0.717) is 5.75 Å². The largest absolute Gasteiger partial charge is 0.342 e. The summed E-state index contributed by atoms with van der Waals surface area (Å²) in [6.45, 7) is 3.79. The Labute approximate surface area is 162 Å². The number of carbonyl (C=O) groups excluding carboxylic acids is 1. The zero-order chi connectivity index (χ0) is 18.6. The number of hydrogen-bond acceptors (Lipinski definition) is 5. The molecule has 1 aliphatic heterocycles. The summed E-state index contributed by atoms with van der Waals surface area (Å²) in [6, 6.07) is 12.1. The van der Waals surface area contributed by atoms with Crippen molar-refractivity contribution in [3.05, 3.63) is 54.4 Å². The third kappa shape index (κ3) is 3.88. The summed E-state index contributed by atoms with van der Waals surface area (Å²) in [4.78, 5) is 18.4. The predicted molar refractivity (Wildman–Crippen MR) is 106 cm³/mol. The first-order valence-corrected chi connectivity index (χ1v) is 10.0. The summed E-state index contributed by atoms with van der Waals surface area (Å²) in [5, 5.41) is 9.50. The van der Waals surface area contributed by atoms with Crippen LogP contribution in [0.4, 0.5) is 0 Å². The fourth-order valence-electron chi connectivity index (χ4n) is 3.16. The number of benzene rings is 1. The molecule has 3 heterocycles. The number of hydrogen-bond donors (Lipinski definition) is 0. The monoisotopic (exact) mass is 379 g/mol. The van der Waals surface area contributed by atoms with Crippen molar-refractivity contribution in [3.63, 3.8) is 0 Å². The number of aryl methyl sites for hydroxylation is 1. The molecule has 0 saturated carbocycles. The number of nitrogens with zero attached hydrogens (tertiary/aromatic N) is 5. The van der Waals surface area contributed by atoms with Crippen molar-refractivity contribution >= 4 is 17.7 Å². The third-order valence-corrected chi connectivity index (χ3v) is 5.56. The van der Waals surface area contributed by atoms with Gasteiger partial charge in [-0.2, -0.15) is 0 Å². The van der Waals surface area contributed by atoms with E-state index in [9.17, 15) is 4.79 Å². The van der Waals surface area contributed by atoms with Crippen LogP contribution in [0.25, 0.3) is 17.1 Å². The summed E-state index contributed by atoms with van der Waals surface area (Å²) in [7, 11) is 0. The van der Waals surface area contributed by atoms with Crippen LogP contribution in [0.3, 0.4) is 0 Å². The molecule has 1 saturated heterocycles. The van der Waals surface area contributed by atoms with Crippen LogP contribution in [-0.4, -0.2) is 49.4 Å². The van der Waals surface area contributed by atoms with E-state index in [2.05, 4.69) is 46.4 Å². The lowest BCUT2D eigenvalue weighted by Gasteiger charge is -2.15. The maximum atomic E-state index is 12.4. The van der Waals surface area contributed by atoms with Crippen LogP contribution in [0.5, 0.6) is 0 Å². The number of likely N-dealkylation sites (tertiary alicyclic amines) is 1. The zero-order valence-electron chi connectivity index (χ0n) is 15.2. The van der Waals surface area contributed by atoms with Crippen molar-refractivity contribution in [1.82, 2.24) is 24.6 Å². The Morgan fingerprint density at radius 3 is 2.44 bits per heavy atom. The molecule has 0 atom stereocenters. The van der Waals surface area contributed by atoms with Crippen LogP contribution in [0, 0.1) is 6.92 Å². The maximum Gasteiger partial charge on any atom is 0.233 e. The Morgan fingerprint density at radius 2 is 1.74 bits per heavy atom. The molecule has 7 heteroatoms. The van der Waals surface area contributed by atoms with E-state index < -0.39 is 0 Å². The summed E-state index contributed by atoms with van der Waals surface area (Å²) in [6.07, 6.45) is 5.69. The van der Waals surface area contributed by atoms with Crippen LogP contribution >= 0.6 is 11.8 Å². The number of rotatable bonds is 5. The molecule has 0 radical (unpaired) electrons. The van der Waals surface area contributed by atoms with Gasteiger partial charge < -0.3 is 4.90 Å². The average Bonchev–Trinajstić information content (AvgIpc) is 3.38. The molecule has 1 aromatic carbocycles. The highest BCUT2D eigenvalue weighted by atomic mass is 32.2. The van der Waals surface area contributed by atoms with Gasteiger partial charge in [0.05, 0.1) is 5.75 Å². The number of aromatic nitrogens is 4. The van der Waals surface area contributed by atoms with E-state index in [-0.39, 0.29) is 5.91 Å².